The first-order chi connectivity index (χ1) is 24.9. The topological polar surface area (TPSA) is 30.7 Å². The van der Waals surface area contributed by atoms with E-state index in [0.29, 0.717) is 11.5 Å². The van der Waals surface area contributed by atoms with Gasteiger partial charge in [0.2, 0.25) is 5.95 Å². The fourth-order valence-corrected chi connectivity index (χ4v) is 8.08. The van der Waals surface area contributed by atoms with E-state index < -0.39 is 6.04 Å². The minimum Gasteiger partial charge on any atom is -0.277 e. The third-order valence-corrected chi connectivity index (χ3v) is 10.1. The Bertz CT molecular complexity index is 3060. The normalized spacial score (nSPS) is 13.4. The molecule has 0 aliphatic carbocycles. The maximum atomic E-state index is 8.48. The molecule has 0 atom stereocenters. The Hall–Kier alpha value is -5.84. The molecule has 0 amide bonds. The zero-order valence-corrected chi connectivity index (χ0v) is 25.1. The highest BCUT2D eigenvalue weighted by molar-refractivity contribution is 7.26. The van der Waals surface area contributed by atoms with E-state index in [2.05, 4.69) is 77.4 Å². The van der Waals surface area contributed by atoms with Gasteiger partial charge in [-0.15, -0.1) is 11.3 Å². The van der Waals surface area contributed by atoms with Crippen LogP contribution in [0.3, 0.4) is 0 Å². The van der Waals surface area contributed by atoms with Crippen molar-refractivity contribution in [3.8, 4) is 28.3 Å². The van der Waals surface area contributed by atoms with Gasteiger partial charge in [-0.1, -0.05) is 133 Å². The van der Waals surface area contributed by atoms with Crippen LogP contribution in [0.1, 0.15) is 6.85 Å². The van der Waals surface area contributed by atoms with Crippen molar-refractivity contribution in [1.29, 1.82) is 0 Å². The molecule has 3 nitrogen and oxygen atoms in total. The summed E-state index contributed by atoms with van der Waals surface area (Å²) < 4.78 is 46.0. The summed E-state index contributed by atoms with van der Waals surface area (Å²) in [4.78, 5) is 10.5. The first-order valence-corrected chi connectivity index (χ1v) is 15.9. The number of rotatable bonds is 3. The molecule has 0 aliphatic heterocycles. The Morgan fingerprint density at radius 1 is 0.543 bits per heavy atom. The molecule has 214 valence electrons. The van der Waals surface area contributed by atoms with Crippen LogP contribution in [0, 0.1) is 0 Å². The third kappa shape index (κ3) is 3.71. The number of thiophene rings is 1. The minimum atomic E-state index is -0.406. The zero-order chi connectivity index (χ0) is 34.5. The van der Waals surface area contributed by atoms with Crippen molar-refractivity contribution in [3.63, 3.8) is 0 Å². The molecule has 46 heavy (non-hydrogen) atoms. The molecule has 0 spiro atoms. The van der Waals surface area contributed by atoms with Crippen molar-refractivity contribution in [2.45, 2.75) is 0 Å². The van der Waals surface area contributed by atoms with Crippen LogP contribution in [0.5, 0.6) is 0 Å². The molecule has 10 aromatic rings. The van der Waals surface area contributed by atoms with Crippen molar-refractivity contribution in [2.24, 2.45) is 0 Å². The van der Waals surface area contributed by atoms with E-state index in [9.17, 15) is 0 Å². The number of hydrogen-bond acceptors (Lipinski definition) is 3. The lowest BCUT2D eigenvalue weighted by Crippen LogP contribution is -2.03. The molecule has 0 fully saturated rings. The quantitative estimate of drug-likeness (QED) is 0.200. The van der Waals surface area contributed by atoms with Gasteiger partial charge >= 0.3 is 0 Å². The van der Waals surface area contributed by atoms with Crippen molar-refractivity contribution in [3.05, 3.63) is 152 Å². The van der Waals surface area contributed by atoms with Gasteiger partial charge in [0.05, 0.1) is 29.1 Å². The van der Waals surface area contributed by atoms with Crippen LogP contribution < -0.4 is 0 Å². The van der Waals surface area contributed by atoms with E-state index in [4.69, 9.17) is 16.8 Å². The molecule has 0 saturated carbocycles. The van der Waals surface area contributed by atoms with E-state index in [-0.39, 0.29) is 29.7 Å². The Morgan fingerprint density at radius 2 is 1.24 bits per heavy atom. The maximum Gasteiger partial charge on any atom is 0.235 e. The second kappa shape index (κ2) is 9.83. The standard InChI is InChI=1S/C42H25N3S/c1-2-10-26(11-3-1)27-18-20-29(21-19-27)39-34-14-4-7-15-35(34)43-42(44-39)45-36-16-8-5-12-30(36)32-24-22-28-23-25-33-31-13-6-9-17-37(31)46-41(33)38(28)40(32)45/h1-25H/i1D,2D,3D,10D,11D. The summed E-state index contributed by atoms with van der Waals surface area (Å²) in [7, 11) is 0. The summed E-state index contributed by atoms with van der Waals surface area (Å²) in [6.45, 7) is 0. The lowest BCUT2D eigenvalue weighted by Gasteiger charge is -2.13. The lowest BCUT2D eigenvalue weighted by atomic mass is 10.0. The van der Waals surface area contributed by atoms with Crippen LogP contribution in [-0.2, 0) is 0 Å². The summed E-state index contributed by atoms with van der Waals surface area (Å²) in [5.41, 5.74) is 5.14. The zero-order valence-electron chi connectivity index (χ0n) is 29.3. The monoisotopic (exact) mass is 608 g/mol. The number of hydrogen-bond donors (Lipinski definition) is 0. The first-order valence-electron chi connectivity index (χ1n) is 17.6. The highest BCUT2D eigenvalue weighted by Gasteiger charge is 2.21. The average molecular weight is 609 g/mol. The summed E-state index contributed by atoms with van der Waals surface area (Å²) in [5.74, 6) is 0.551. The van der Waals surface area contributed by atoms with E-state index in [0.717, 1.165) is 49.4 Å². The van der Waals surface area contributed by atoms with Crippen molar-refractivity contribution < 1.29 is 6.85 Å². The van der Waals surface area contributed by atoms with Gasteiger partial charge in [0.25, 0.3) is 0 Å². The highest BCUT2D eigenvalue weighted by atomic mass is 32.1. The molecule has 3 aromatic heterocycles. The van der Waals surface area contributed by atoms with Gasteiger partial charge in [-0.2, -0.15) is 0 Å². The Labute approximate surface area is 275 Å². The highest BCUT2D eigenvalue weighted by Crippen LogP contribution is 2.44. The molecule has 4 heteroatoms. The maximum absolute atomic E-state index is 8.48. The molecule has 0 aliphatic rings. The summed E-state index contributed by atoms with van der Waals surface area (Å²) in [6, 6.07) is 39.6. The van der Waals surface area contributed by atoms with E-state index in [1.807, 2.05) is 47.7 Å². The van der Waals surface area contributed by atoms with Crippen LogP contribution in [0.15, 0.2) is 152 Å². The molecule has 0 unspecified atom stereocenters. The van der Waals surface area contributed by atoms with Crippen LogP contribution in [0.4, 0.5) is 0 Å². The number of benzene rings is 7. The third-order valence-electron chi connectivity index (χ3n) is 8.90. The Balaban J connectivity index is 1.26. The molecule has 0 bridgehead atoms. The lowest BCUT2D eigenvalue weighted by molar-refractivity contribution is 1.02. The van der Waals surface area contributed by atoms with Gasteiger partial charge in [-0.3, -0.25) is 4.57 Å². The van der Waals surface area contributed by atoms with E-state index >= 15 is 0 Å². The second-order valence-corrected chi connectivity index (χ2v) is 12.5. The number of nitrogens with zero attached hydrogens (tertiary/aromatic N) is 3. The van der Waals surface area contributed by atoms with Gasteiger partial charge in [0, 0.05) is 47.3 Å². The Kier molecular flexibility index (Phi) is 4.49. The number of para-hydroxylation sites is 2. The van der Waals surface area contributed by atoms with Crippen LogP contribution in [-0.4, -0.2) is 14.5 Å². The molecule has 10 rings (SSSR count). The molecular weight excluding hydrogens is 579 g/mol. The van der Waals surface area contributed by atoms with Gasteiger partial charge in [0.1, 0.15) is 0 Å². The molecule has 0 saturated heterocycles. The van der Waals surface area contributed by atoms with Gasteiger partial charge < -0.3 is 0 Å². The summed E-state index contributed by atoms with van der Waals surface area (Å²) in [6.07, 6.45) is 0. The number of fused-ring (bicyclic) bond motifs is 10. The Morgan fingerprint density at radius 3 is 2.09 bits per heavy atom. The summed E-state index contributed by atoms with van der Waals surface area (Å²) >= 11 is 1.81. The molecular formula is C42H25N3S. The first kappa shape index (κ1) is 21.0. The smallest absolute Gasteiger partial charge is 0.235 e. The fraction of sp³-hybridized carbons (Fsp3) is 0. The van der Waals surface area contributed by atoms with E-state index in [1.54, 1.807) is 12.1 Å². The predicted molar refractivity (Wildman–Crippen MR) is 195 cm³/mol. The largest absolute Gasteiger partial charge is 0.277 e. The fourth-order valence-electron chi connectivity index (χ4n) is 6.82. The van der Waals surface area contributed by atoms with Crippen molar-refractivity contribution in [2.75, 3.05) is 0 Å². The van der Waals surface area contributed by atoms with Gasteiger partial charge in [-0.25, -0.2) is 9.97 Å². The predicted octanol–water partition coefficient (Wildman–Crippen LogP) is 11.6. The van der Waals surface area contributed by atoms with Crippen LogP contribution in [0.2, 0.25) is 0 Å². The molecule has 3 heterocycles. The van der Waals surface area contributed by atoms with Crippen molar-refractivity contribution >= 4 is 75.0 Å². The average Bonchev–Trinajstić information content (AvgIpc) is 3.72. The van der Waals surface area contributed by atoms with Crippen LogP contribution >= 0.6 is 11.3 Å². The van der Waals surface area contributed by atoms with Crippen LogP contribution in [0.25, 0.3) is 92.0 Å². The molecule has 0 N–H and O–H groups in total. The minimum absolute atomic E-state index is 0.172. The number of aromatic nitrogens is 3. The second-order valence-electron chi connectivity index (χ2n) is 11.4. The molecule has 0 radical (unpaired) electrons. The summed E-state index contributed by atoms with van der Waals surface area (Å²) in [5, 5.41) is 7.92. The SMILES string of the molecule is [2H]c1c([2H])c([2H])c(-c2ccc(-c3nc(-n4c5ccccc5c5ccc6ccc7c8ccccc8sc7c6c54)nc4ccccc34)cc2)c([2H])c1[2H]. The molecule has 7 aromatic carbocycles. The van der Waals surface area contributed by atoms with Gasteiger partial charge in [-0.05, 0) is 34.7 Å². The van der Waals surface area contributed by atoms with Crippen molar-refractivity contribution in [1.82, 2.24) is 14.5 Å². The van der Waals surface area contributed by atoms with Gasteiger partial charge in [0.15, 0.2) is 0 Å². The van der Waals surface area contributed by atoms with E-state index in [1.165, 1.54) is 25.6 Å².